The van der Waals surface area contributed by atoms with Crippen molar-refractivity contribution in [3.8, 4) is 11.3 Å². The van der Waals surface area contributed by atoms with Gasteiger partial charge in [0.1, 0.15) is 0 Å². The highest BCUT2D eigenvalue weighted by Crippen LogP contribution is 2.22. The SMILES string of the molecule is Cc1ccc(C)c(-c2ccc(CNC3CC3)c(=O)[nH]2)c1. The van der Waals surface area contributed by atoms with Gasteiger partial charge in [0.05, 0.1) is 0 Å². The Morgan fingerprint density at radius 2 is 2.00 bits per heavy atom. The molecule has 104 valence electrons. The number of H-pyrrole nitrogens is 1. The van der Waals surface area contributed by atoms with Crippen molar-refractivity contribution in [2.45, 2.75) is 39.3 Å². The summed E-state index contributed by atoms with van der Waals surface area (Å²) in [6, 6.07) is 10.9. The van der Waals surface area contributed by atoms with Gasteiger partial charge in [-0.15, -0.1) is 0 Å². The number of hydrogen-bond donors (Lipinski definition) is 2. The van der Waals surface area contributed by atoms with Crippen molar-refractivity contribution in [2.75, 3.05) is 0 Å². The molecule has 20 heavy (non-hydrogen) atoms. The molecule has 0 aliphatic heterocycles. The maximum absolute atomic E-state index is 12.1. The fraction of sp³-hybridized carbons (Fsp3) is 0.353. The van der Waals surface area contributed by atoms with Gasteiger partial charge < -0.3 is 10.3 Å². The summed E-state index contributed by atoms with van der Waals surface area (Å²) < 4.78 is 0. The molecule has 1 aliphatic carbocycles. The third kappa shape index (κ3) is 2.83. The molecule has 3 rings (SSSR count). The molecule has 2 aromatic rings. The van der Waals surface area contributed by atoms with Gasteiger partial charge in [0.2, 0.25) is 0 Å². The molecule has 1 saturated carbocycles. The summed E-state index contributed by atoms with van der Waals surface area (Å²) in [5.74, 6) is 0. The normalized spacial score (nSPS) is 14.5. The molecule has 0 amide bonds. The molecule has 1 heterocycles. The van der Waals surface area contributed by atoms with Gasteiger partial charge in [-0.1, -0.05) is 23.8 Å². The minimum absolute atomic E-state index is 0.0107. The van der Waals surface area contributed by atoms with Crippen LogP contribution < -0.4 is 10.9 Å². The number of rotatable bonds is 4. The third-order valence-electron chi connectivity index (χ3n) is 3.83. The summed E-state index contributed by atoms with van der Waals surface area (Å²) in [5.41, 5.74) is 5.19. The Balaban J connectivity index is 1.88. The van der Waals surface area contributed by atoms with Crippen molar-refractivity contribution in [1.29, 1.82) is 0 Å². The van der Waals surface area contributed by atoms with Crippen molar-refractivity contribution in [1.82, 2.24) is 10.3 Å². The fourth-order valence-corrected chi connectivity index (χ4v) is 2.37. The zero-order valence-electron chi connectivity index (χ0n) is 12.0. The Hall–Kier alpha value is -1.87. The second-order valence-electron chi connectivity index (χ2n) is 5.70. The maximum Gasteiger partial charge on any atom is 0.252 e. The van der Waals surface area contributed by atoms with Gasteiger partial charge >= 0.3 is 0 Å². The number of aromatic nitrogens is 1. The van der Waals surface area contributed by atoms with E-state index in [1.807, 2.05) is 12.1 Å². The number of aromatic amines is 1. The summed E-state index contributed by atoms with van der Waals surface area (Å²) >= 11 is 0. The summed E-state index contributed by atoms with van der Waals surface area (Å²) in [4.78, 5) is 15.2. The lowest BCUT2D eigenvalue weighted by Gasteiger charge is -2.09. The average Bonchev–Trinajstić information content (AvgIpc) is 3.24. The Morgan fingerprint density at radius 3 is 2.70 bits per heavy atom. The first-order valence-corrected chi connectivity index (χ1v) is 7.17. The van der Waals surface area contributed by atoms with Gasteiger partial charge in [0, 0.05) is 29.4 Å². The fourth-order valence-electron chi connectivity index (χ4n) is 2.37. The van der Waals surface area contributed by atoms with Crippen molar-refractivity contribution in [3.05, 3.63) is 57.4 Å². The summed E-state index contributed by atoms with van der Waals surface area (Å²) in [5, 5.41) is 3.37. The molecule has 0 atom stereocenters. The van der Waals surface area contributed by atoms with Crippen molar-refractivity contribution in [2.24, 2.45) is 0 Å². The van der Waals surface area contributed by atoms with Crippen LogP contribution in [0.1, 0.15) is 29.5 Å². The van der Waals surface area contributed by atoms with Gasteiger partial charge in [-0.2, -0.15) is 0 Å². The van der Waals surface area contributed by atoms with E-state index in [9.17, 15) is 4.79 Å². The Morgan fingerprint density at radius 1 is 1.20 bits per heavy atom. The highest BCUT2D eigenvalue weighted by molar-refractivity contribution is 5.64. The predicted octanol–water partition coefficient (Wildman–Crippen LogP) is 2.91. The monoisotopic (exact) mass is 268 g/mol. The Bertz CT molecular complexity index is 684. The minimum atomic E-state index is 0.0107. The lowest BCUT2D eigenvalue weighted by atomic mass is 10.0. The average molecular weight is 268 g/mol. The smallest absolute Gasteiger partial charge is 0.252 e. The van der Waals surface area contributed by atoms with Gasteiger partial charge in [0.25, 0.3) is 5.56 Å². The van der Waals surface area contributed by atoms with Crippen molar-refractivity contribution in [3.63, 3.8) is 0 Å². The quantitative estimate of drug-likeness (QED) is 0.895. The topological polar surface area (TPSA) is 44.9 Å². The van der Waals surface area contributed by atoms with Crippen LogP contribution in [0.5, 0.6) is 0 Å². The first-order chi connectivity index (χ1) is 9.63. The van der Waals surface area contributed by atoms with Gasteiger partial charge in [-0.3, -0.25) is 4.79 Å². The van der Waals surface area contributed by atoms with E-state index in [0.29, 0.717) is 12.6 Å². The Labute approximate surface area is 119 Å². The van der Waals surface area contributed by atoms with Crippen LogP contribution in [0.2, 0.25) is 0 Å². The van der Waals surface area contributed by atoms with Gasteiger partial charge in [0.15, 0.2) is 0 Å². The first-order valence-electron chi connectivity index (χ1n) is 7.17. The number of pyridine rings is 1. The lowest BCUT2D eigenvalue weighted by Crippen LogP contribution is -2.22. The molecule has 1 aromatic heterocycles. The Kier molecular flexibility index (Phi) is 3.45. The van der Waals surface area contributed by atoms with Crippen LogP contribution in [0.4, 0.5) is 0 Å². The van der Waals surface area contributed by atoms with Crippen molar-refractivity contribution < 1.29 is 0 Å². The van der Waals surface area contributed by atoms with Crippen molar-refractivity contribution >= 4 is 0 Å². The molecule has 3 heteroatoms. The molecular weight excluding hydrogens is 248 g/mol. The van der Waals surface area contributed by atoms with Crippen LogP contribution in [-0.2, 0) is 6.54 Å². The van der Waals surface area contributed by atoms with E-state index in [1.165, 1.54) is 24.0 Å². The van der Waals surface area contributed by atoms with E-state index in [1.54, 1.807) is 0 Å². The van der Waals surface area contributed by atoms with E-state index >= 15 is 0 Å². The minimum Gasteiger partial charge on any atom is -0.322 e. The molecule has 3 nitrogen and oxygen atoms in total. The summed E-state index contributed by atoms with van der Waals surface area (Å²) in [7, 11) is 0. The second kappa shape index (κ2) is 5.25. The zero-order valence-corrected chi connectivity index (χ0v) is 12.0. The first kappa shape index (κ1) is 13.1. The van der Waals surface area contributed by atoms with Crippen LogP contribution in [0.25, 0.3) is 11.3 Å². The molecule has 0 bridgehead atoms. The number of hydrogen-bond acceptors (Lipinski definition) is 2. The second-order valence-corrected chi connectivity index (χ2v) is 5.70. The molecule has 1 fully saturated rings. The number of nitrogens with one attached hydrogen (secondary N) is 2. The molecule has 0 spiro atoms. The summed E-state index contributed by atoms with van der Waals surface area (Å²) in [6.45, 7) is 4.79. The summed E-state index contributed by atoms with van der Waals surface area (Å²) in [6.07, 6.45) is 2.47. The predicted molar refractivity (Wildman–Crippen MR) is 81.8 cm³/mol. The highest BCUT2D eigenvalue weighted by atomic mass is 16.1. The largest absolute Gasteiger partial charge is 0.322 e. The lowest BCUT2D eigenvalue weighted by molar-refractivity contribution is 0.682. The van der Waals surface area contributed by atoms with Gasteiger partial charge in [-0.05, 0) is 44.4 Å². The number of aryl methyl sites for hydroxylation is 2. The van der Waals surface area contributed by atoms with E-state index in [4.69, 9.17) is 0 Å². The van der Waals surface area contributed by atoms with E-state index in [2.05, 4.69) is 42.3 Å². The molecule has 1 aliphatic rings. The zero-order chi connectivity index (χ0) is 14.1. The molecule has 0 unspecified atom stereocenters. The molecular formula is C17H20N2O. The van der Waals surface area contributed by atoms with Crippen LogP contribution >= 0.6 is 0 Å². The molecule has 0 saturated heterocycles. The standard InChI is InChI=1S/C17H20N2O/c1-11-3-4-12(2)15(9-11)16-8-5-13(17(20)19-16)10-18-14-6-7-14/h3-5,8-9,14,18H,6-7,10H2,1-2H3,(H,19,20). The van der Waals surface area contributed by atoms with Gasteiger partial charge in [-0.25, -0.2) is 0 Å². The van der Waals surface area contributed by atoms with E-state index < -0.39 is 0 Å². The van der Waals surface area contributed by atoms with E-state index in [-0.39, 0.29) is 5.56 Å². The van der Waals surface area contributed by atoms with Crippen LogP contribution in [-0.4, -0.2) is 11.0 Å². The highest BCUT2D eigenvalue weighted by Gasteiger charge is 2.20. The van der Waals surface area contributed by atoms with Crippen LogP contribution in [0.3, 0.4) is 0 Å². The van der Waals surface area contributed by atoms with Crippen LogP contribution in [0, 0.1) is 13.8 Å². The third-order valence-corrected chi connectivity index (χ3v) is 3.83. The maximum atomic E-state index is 12.1. The molecule has 2 N–H and O–H groups in total. The van der Waals surface area contributed by atoms with Crippen LogP contribution in [0.15, 0.2) is 35.1 Å². The van der Waals surface area contributed by atoms with E-state index in [0.717, 1.165) is 16.8 Å². The molecule has 0 radical (unpaired) electrons. The molecule has 1 aromatic carbocycles. The number of benzene rings is 1.